The minimum Gasteiger partial charge on any atom is -0.426 e. The van der Waals surface area contributed by atoms with E-state index in [1.54, 1.807) is 18.2 Å². The normalized spacial score (nSPS) is 12.5. The molecular weight excluding hydrogens is 663 g/mol. The van der Waals surface area contributed by atoms with Crippen LogP contribution in [0.3, 0.4) is 0 Å². The number of aryl methyl sites for hydroxylation is 1. The fourth-order valence-corrected chi connectivity index (χ4v) is 5.74. The number of nitrogens with zero attached hydrogens (tertiary/aromatic N) is 1. The predicted octanol–water partition coefficient (Wildman–Crippen LogP) is 7.25. The van der Waals surface area contributed by atoms with E-state index in [0.29, 0.717) is 17.5 Å². The molecule has 0 aliphatic heterocycles. The van der Waals surface area contributed by atoms with Gasteiger partial charge < -0.3 is 25.4 Å². The molecule has 4 aromatic carbocycles. The molecule has 3 N–H and O–H groups in total. The van der Waals surface area contributed by atoms with Gasteiger partial charge in [0, 0.05) is 25.6 Å². The minimum absolute atomic E-state index is 0.0241. The second kappa shape index (κ2) is 16.9. The Balaban J connectivity index is 1.48. The molecule has 4 rings (SSSR count). The highest BCUT2D eigenvalue weighted by molar-refractivity contribution is 6.12. The summed E-state index contributed by atoms with van der Waals surface area (Å²) in [4.78, 5) is 53.2. The number of carbonyl (C=O) groups is 4. The van der Waals surface area contributed by atoms with Crippen molar-refractivity contribution in [3.05, 3.63) is 119 Å². The van der Waals surface area contributed by atoms with Crippen molar-refractivity contribution in [3.8, 4) is 16.9 Å². The van der Waals surface area contributed by atoms with Gasteiger partial charge in [0.25, 0.3) is 11.8 Å². The summed E-state index contributed by atoms with van der Waals surface area (Å²) in [5.74, 6) is -2.72. The van der Waals surface area contributed by atoms with Crippen LogP contribution in [0.2, 0.25) is 0 Å². The number of hydrogen-bond acceptors (Lipinski definition) is 6. The highest BCUT2D eigenvalue weighted by Gasteiger charge is 2.31. The molecule has 268 valence electrons. The number of ether oxygens (including phenoxy) is 2. The second-order valence-electron chi connectivity index (χ2n) is 12.0. The third-order valence-electron chi connectivity index (χ3n) is 8.33. The molecular formula is C39H40F3N3O6. The number of nitrogens with one attached hydrogen (secondary N) is 1. The smallest absolute Gasteiger partial charge is 0.416 e. The Bertz CT molecular complexity index is 1870. The van der Waals surface area contributed by atoms with E-state index in [-0.39, 0.29) is 41.5 Å². The highest BCUT2D eigenvalue weighted by Crippen LogP contribution is 2.33. The number of carbonyl (C=O) groups excluding carboxylic acids is 4. The van der Waals surface area contributed by atoms with E-state index in [2.05, 4.69) is 5.32 Å². The molecule has 0 aliphatic rings. The number of esters is 1. The first-order valence-electron chi connectivity index (χ1n) is 16.4. The maximum atomic E-state index is 13.5. The van der Waals surface area contributed by atoms with Gasteiger partial charge in [0.05, 0.1) is 29.8 Å². The number of primary amides is 1. The van der Waals surface area contributed by atoms with Crippen LogP contribution in [0, 0.1) is 0 Å². The summed E-state index contributed by atoms with van der Waals surface area (Å²) < 4.78 is 50.7. The number of rotatable bonds is 14. The number of alkyl halides is 3. The summed E-state index contributed by atoms with van der Waals surface area (Å²) in [6.45, 7) is 3.81. The standard InChI is InChI=1S/C39H40F3N3O6/c1-5-24-11-7-8-12-29(24)28(6-2)35(36(43)47)50-22-21-34(46)51-27-19-20-33(32(23-27)38(49)45(3)4)44-37(48)31-14-10-9-13-30(31)25-15-17-26(18-16-25)39(40,41)42/h7-20,23,28,35H,5-6,21-22H2,1-4H3,(H2,43,47)(H,44,48). The van der Waals surface area contributed by atoms with E-state index in [1.807, 2.05) is 38.1 Å². The van der Waals surface area contributed by atoms with E-state index in [9.17, 15) is 32.3 Å². The molecule has 9 nitrogen and oxygen atoms in total. The van der Waals surface area contributed by atoms with Crippen LogP contribution >= 0.6 is 0 Å². The lowest BCUT2D eigenvalue weighted by Crippen LogP contribution is -2.37. The van der Waals surface area contributed by atoms with Crippen molar-refractivity contribution in [3.63, 3.8) is 0 Å². The van der Waals surface area contributed by atoms with Gasteiger partial charge in [0.2, 0.25) is 5.91 Å². The van der Waals surface area contributed by atoms with Crippen LogP contribution in [0.1, 0.15) is 70.0 Å². The molecule has 0 saturated carbocycles. The van der Waals surface area contributed by atoms with Gasteiger partial charge >= 0.3 is 12.1 Å². The Morgan fingerprint density at radius 3 is 2.16 bits per heavy atom. The summed E-state index contributed by atoms with van der Waals surface area (Å²) in [6.07, 6.45) is -4.34. The Hall–Kier alpha value is -5.49. The zero-order valence-corrected chi connectivity index (χ0v) is 28.8. The number of amides is 3. The molecule has 2 atom stereocenters. The van der Waals surface area contributed by atoms with E-state index >= 15 is 0 Å². The van der Waals surface area contributed by atoms with Gasteiger partial charge in [-0.3, -0.25) is 19.2 Å². The fraction of sp³-hybridized carbons (Fsp3) is 0.282. The number of anilines is 1. The maximum absolute atomic E-state index is 13.5. The van der Waals surface area contributed by atoms with Crippen LogP contribution in [0.25, 0.3) is 11.1 Å². The topological polar surface area (TPSA) is 128 Å². The minimum atomic E-state index is -4.51. The lowest BCUT2D eigenvalue weighted by atomic mass is 9.86. The maximum Gasteiger partial charge on any atom is 0.416 e. The molecule has 0 heterocycles. The van der Waals surface area contributed by atoms with Crippen LogP contribution in [-0.4, -0.2) is 55.4 Å². The van der Waals surface area contributed by atoms with Crippen LogP contribution in [-0.2, 0) is 26.9 Å². The van der Waals surface area contributed by atoms with Gasteiger partial charge in [-0.15, -0.1) is 0 Å². The molecule has 4 aromatic rings. The molecule has 0 bridgehead atoms. The predicted molar refractivity (Wildman–Crippen MR) is 187 cm³/mol. The lowest BCUT2D eigenvalue weighted by molar-refractivity contribution is -0.139. The van der Waals surface area contributed by atoms with Crippen LogP contribution in [0.5, 0.6) is 5.75 Å². The number of hydrogen-bond donors (Lipinski definition) is 2. The quantitative estimate of drug-likeness (QED) is 0.105. The average Bonchev–Trinajstić information content (AvgIpc) is 3.11. The molecule has 0 spiro atoms. The van der Waals surface area contributed by atoms with Crippen molar-refractivity contribution in [2.24, 2.45) is 5.73 Å². The van der Waals surface area contributed by atoms with Crippen molar-refractivity contribution in [2.45, 2.75) is 51.3 Å². The summed E-state index contributed by atoms with van der Waals surface area (Å²) >= 11 is 0. The Labute approximate surface area is 294 Å². The monoisotopic (exact) mass is 703 g/mol. The van der Waals surface area contributed by atoms with Crippen molar-refractivity contribution < 1.29 is 41.8 Å². The second-order valence-corrected chi connectivity index (χ2v) is 12.0. The van der Waals surface area contributed by atoms with Crippen LogP contribution in [0.15, 0.2) is 91.0 Å². The molecule has 0 saturated heterocycles. The fourth-order valence-electron chi connectivity index (χ4n) is 5.74. The third kappa shape index (κ3) is 9.61. The molecule has 0 radical (unpaired) electrons. The van der Waals surface area contributed by atoms with Gasteiger partial charge in [-0.05, 0) is 71.5 Å². The zero-order chi connectivity index (χ0) is 37.3. The van der Waals surface area contributed by atoms with Crippen LogP contribution < -0.4 is 15.8 Å². The first kappa shape index (κ1) is 38.3. The van der Waals surface area contributed by atoms with E-state index < -0.39 is 41.5 Å². The van der Waals surface area contributed by atoms with Gasteiger partial charge in [0.1, 0.15) is 11.9 Å². The Morgan fingerprint density at radius 1 is 0.863 bits per heavy atom. The number of halogens is 3. The molecule has 0 fully saturated rings. The van der Waals surface area contributed by atoms with Crippen molar-refractivity contribution in [1.82, 2.24) is 4.90 Å². The van der Waals surface area contributed by atoms with E-state index in [0.717, 1.165) is 29.7 Å². The van der Waals surface area contributed by atoms with E-state index in [4.69, 9.17) is 15.2 Å². The van der Waals surface area contributed by atoms with Gasteiger partial charge in [-0.25, -0.2) is 0 Å². The van der Waals surface area contributed by atoms with Crippen molar-refractivity contribution in [1.29, 1.82) is 0 Å². The van der Waals surface area contributed by atoms with Gasteiger partial charge in [-0.1, -0.05) is 68.4 Å². The first-order chi connectivity index (χ1) is 24.2. The van der Waals surface area contributed by atoms with Gasteiger partial charge in [-0.2, -0.15) is 13.2 Å². The SMILES string of the molecule is CCc1ccccc1C(CC)C(OCCC(=O)Oc1ccc(NC(=O)c2ccccc2-c2ccc(C(F)(F)F)cc2)c(C(=O)N(C)C)c1)C(N)=O. The Kier molecular flexibility index (Phi) is 12.7. The molecule has 2 unspecified atom stereocenters. The lowest BCUT2D eigenvalue weighted by Gasteiger charge is -2.26. The summed E-state index contributed by atoms with van der Waals surface area (Å²) in [5, 5.41) is 2.71. The highest BCUT2D eigenvalue weighted by atomic mass is 19.4. The third-order valence-corrected chi connectivity index (χ3v) is 8.33. The molecule has 0 aliphatic carbocycles. The average molecular weight is 704 g/mol. The summed E-state index contributed by atoms with van der Waals surface area (Å²) in [7, 11) is 3.03. The molecule has 12 heteroatoms. The molecule has 51 heavy (non-hydrogen) atoms. The summed E-state index contributed by atoms with van der Waals surface area (Å²) in [6, 6.07) is 22.7. The number of benzene rings is 4. The summed E-state index contributed by atoms with van der Waals surface area (Å²) in [5.41, 5.74) is 8.01. The van der Waals surface area contributed by atoms with Gasteiger partial charge in [0.15, 0.2) is 0 Å². The Morgan fingerprint density at radius 2 is 1.53 bits per heavy atom. The number of nitrogens with two attached hydrogens (primary N) is 1. The first-order valence-corrected chi connectivity index (χ1v) is 16.4. The van der Waals surface area contributed by atoms with E-state index in [1.165, 1.54) is 55.4 Å². The van der Waals surface area contributed by atoms with Crippen molar-refractivity contribution >= 4 is 29.4 Å². The van der Waals surface area contributed by atoms with Crippen LogP contribution in [0.4, 0.5) is 18.9 Å². The molecule has 3 amide bonds. The zero-order valence-electron chi connectivity index (χ0n) is 28.8. The largest absolute Gasteiger partial charge is 0.426 e. The molecule has 0 aromatic heterocycles. The van der Waals surface area contributed by atoms with Crippen molar-refractivity contribution in [2.75, 3.05) is 26.0 Å².